The van der Waals surface area contributed by atoms with Crippen molar-refractivity contribution >= 4 is 0 Å². The predicted molar refractivity (Wildman–Crippen MR) is 64.0 cm³/mol. The molecule has 1 rings (SSSR count). The van der Waals surface area contributed by atoms with Gasteiger partial charge in [-0.3, -0.25) is 4.90 Å². The van der Waals surface area contributed by atoms with Gasteiger partial charge in [-0.05, 0) is 32.7 Å². The molecule has 0 aromatic heterocycles. The van der Waals surface area contributed by atoms with Crippen LogP contribution in [-0.4, -0.2) is 42.8 Å². The minimum Gasteiger partial charge on any atom is -0.377 e. The third-order valence-corrected chi connectivity index (χ3v) is 3.79. The molecule has 0 amide bonds. The van der Waals surface area contributed by atoms with Gasteiger partial charge in [0.25, 0.3) is 0 Å². The van der Waals surface area contributed by atoms with Crippen LogP contribution < -0.4 is 5.73 Å². The Balaban J connectivity index is 2.52. The van der Waals surface area contributed by atoms with E-state index in [-0.39, 0.29) is 5.54 Å². The van der Waals surface area contributed by atoms with Crippen molar-refractivity contribution < 1.29 is 4.74 Å². The number of rotatable bonds is 6. The van der Waals surface area contributed by atoms with Crippen molar-refractivity contribution in [3.05, 3.63) is 0 Å². The summed E-state index contributed by atoms with van der Waals surface area (Å²) in [4.78, 5) is 2.48. The molecule has 1 fully saturated rings. The molecule has 0 aliphatic carbocycles. The van der Waals surface area contributed by atoms with E-state index in [9.17, 15) is 0 Å². The highest BCUT2D eigenvalue weighted by Crippen LogP contribution is 2.21. The summed E-state index contributed by atoms with van der Waals surface area (Å²) in [6.45, 7) is 10.4. The molecule has 3 heteroatoms. The van der Waals surface area contributed by atoms with Gasteiger partial charge in [0.2, 0.25) is 0 Å². The maximum atomic E-state index is 5.89. The maximum absolute atomic E-state index is 5.89. The molecular weight excluding hydrogens is 188 g/mol. The highest BCUT2D eigenvalue weighted by molar-refractivity contribution is 4.87. The van der Waals surface area contributed by atoms with E-state index in [1.54, 1.807) is 0 Å². The van der Waals surface area contributed by atoms with Gasteiger partial charge in [0.1, 0.15) is 0 Å². The Kier molecular flexibility index (Phi) is 5.03. The van der Waals surface area contributed by atoms with Crippen LogP contribution >= 0.6 is 0 Å². The van der Waals surface area contributed by atoms with Crippen molar-refractivity contribution in [1.82, 2.24) is 4.90 Å². The lowest BCUT2D eigenvalue weighted by Gasteiger charge is -2.40. The molecule has 0 aromatic rings. The van der Waals surface area contributed by atoms with Crippen LogP contribution in [0.15, 0.2) is 0 Å². The van der Waals surface area contributed by atoms with Gasteiger partial charge in [-0.2, -0.15) is 0 Å². The Labute approximate surface area is 94.0 Å². The summed E-state index contributed by atoms with van der Waals surface area (Å²) in [5.41, 5.74) is 6.03. The van der Waals surface area contributed by atoms with Gasteiger partial charge in [0.15, 0.2) is 0 Å². The molecule has 0 spiro atoms. The fourth-order valence-corrected chi connectivity index (χ4v) is 2.26. The van der Waals surface area contributed by atoms with E-state index in [0.29, 0.717) is 6.10 Å². The first-order valence-electron chi connectivity index (χ1n) is 6.23. The van der Waals surface area contributed by atoms with Crippen molar-refractivity contribution in [1.29, 1.82) is 0 Å². The summed E-state index contributed by atoms with van der Waals surface area (Å²) in [5, 5.41) is 0. The second kappa shape index (κ2) is 5.83. The molecule has 0 radical (unpaired) electrons. The molecular formula is C12H26N2O. The molecule has 2 N–H and O–H groups in total. The van der Waals surface area contributed by atoms with E-state index in [1.165, 1.54) is 12.8 Å². The molecule has 0 aromatic carbocycles. The number of likely N-dealkylation sites (N-methyl/N-ethyl adjacent to an activating group) is 1. The zero-order valence-electron chi connectivity index (χ0n) is 10.5. The predicted octanol–water partition coefficient (Wildman–Crippen LogP) is 1.61. The quantitative estimate of drug-likeness (QED) is 0.730. The van der Waals surface area contributed by atoms with Crippen LogP contribution in [0.2, 0.25) is 0 Å². The van der Waals surface area contributed by atoms with E-state index in [2.05, 4.69) is 25.7 Å². The number of ether oxygens (including phenoxy) is 1. The number of hydrogen-bond donors (Lipinski definition) is 1. The van der Waals surface area contributed by atoms with Gasteiger partial charge in [-0.1, -0.05) is 13.8 Å². The Hall–Kier alpha value is -0.120. The molecule has 0 saturated carbocycles. The monoisotopic (exact) mass is 214 g/mol. The average molecular weight is 214 g/mol. The van der Waals surface area contributed by atoms with E-state index in [0.717, 1.165) is 32.7 Å². The molecule has 1 aliphatic heterocycles. The van der Waals surface area contributed by atoms with Crippen LogP contribution in [-0.2, 0) is 4.74 Å². The van der Waals surface area contributed by atoms with Crippen LogP contribution in [0.4, 0.5) is 0 Å². The van der Waals surface area contributed by atoms with Gasteiger partial charge in [0.05, 0.1) is 6.10 Å². The maximum Gasteiger partial charge on any atom is 0.0703 e. The summed E-state index contributed by atoms with van der Waals surface area (Å²) in [6.07, 6.45) is 3.96. The fraction of sp³-hybridized carbons (Fsp3) is 1.00. The molecule has 1 aliphatic rings. The van der Waals surface area contributed by atoms with Gasteiger partial charge in [-0.15, -0.1) is 0 Å². The van der Waals surface area contributed by atoms with Crippen LogP contribution in [0, 0.1) is 0 Å². The minimum atomic E-state index is 0.140. The van der Waals surface area contributed by atoms with Gasteiger partial charge >= 0.3 is 0 Å². The molecule has 2 unspecified atom stereocenters. The molecule has 1 saturated heterocycles. The average Bonchev–Trinajstić information content (AvgIpc) is 2.77. The van der Waals surface area contributed by atoms with Crippen molar-refractivity contribution in [2.24, 2.45) is 5.73 Å². The van der Waals surface area contributed by atoms with E-state index in [4.69, 9.17) is 10.5 Å². The highest BCUT2D eigenvalue weighted by Gasteiger charge is 2.30. The molecule has 1 heterocycles. The molecule has 0 bridgehead atoms. The van der Waals surface area contributed by atoms with Crippen molar-refractivity contribution in [2.75, 3.05) is 26.2 Å². The second-order valence-electron chi connectivity index (χ2n) is 4.73. The first-order chi connectivity index (χ1) is 7.16. The first kappa shape index (κ1) is 12.9. The Morgan fingerprint density at radius 3 is 2.60 bits per heavy atom. The zero-order valence-corrected chi connectivity index (χ0v) is 10.5. The van der Waals surface area contributed by atoms with Crippen molar-refractivity contribution in [2.45, 2.75) is 51.7 Å². The highest BCUT2D eigenvalue weighted by atomic mass is 16.5. The number of nitrogens with two attached hydrogens (primary N) is 1. The SMILES string of the molecule is CCN(CC1CCCO1)C(C)(CC)CN. The fourth-order valence-electron chi connectivity index (χ4n) is 2.26. The summed E-state index contributed by atoms with van der Waals surface area (Å²) in [5.74, 6) is 0. The summed E-state index contributed by atoms with van der Waals surface area (Å²) >= 11 is 0. The standard InChI is InChI=1S/C12H26N2O/c1-4-12(3,10-13)14(5-2)9-11-7-6-8-15-11/h11H,4-10,13H2,1-3H3. The lowest BCUT2D eigenvalue weighted by Crippen LogP contribution is -2.53. The van der Waals surface area contributed by atoms with Crippen molar-refractivity contribution in [3.63, 3.8) is 0 Å². The Bertz CT molecular complexity index is 174. The topological polar surface area (TPSA) is 38.5 Å². The number of nitrogens with zero attached hydrogens (tertiary/aromatic N) is 1. The van der Waals surface area contributed by atoms with Crippen LogP contribution in [0.5, 0.6) is 0 Å². The molecule has 90 valence electrons. The second-order valence-corrected chi connectivity index (χ2v) is 4.73. The first-order valence-corrected chi connectivity index (χ1v) is 6.23. The molecule has 2 atom stereocenters. The molecule has 15 heavy (non-hydrogen) atoms. The lowest BCUT2D eigenvalue weighted by molar-refractivity contribution is 0.0294. The van der Waals surface area contributed by atoms with Crippen molar-refractivity contribution in [3.8, 4) is 0 Å². The van der Waals surface area contributed by atoms with E-state index in [1.807, 2.05) is 0 Å². The number of hydrogen-bond acceptors (Lipinski definition) is 3. The lowest BCUT2D eigenvalue weighted by atomic mass is 9.96. The smallest absolute Gasteiger partial charge is 0.0703 e. The normalized spacial score (nSPS) is 25.8. The Morgan fingerprint density at radius 1 is 1.47 bits per heavy atom. The van der Waals surface area contributed by atoms with Crippen LogP contribution in [0.3, 0.4) is 0 Å². The van der Waals surface area contributed by atoms with Crippen LogP contribution in [0.25, 0.3) is 0 Å². The minimum absolute atomic E-state index is 0.140. The van der Waals surface area contributed by atoms with E-state index < -0.39 is 0 Å². The van der Waals surface area contributed by atoms with E-state index >= 15 is 0 Å². The van der Waals surface area contributed by atoms with Crippen LogP contribution in [0.1, 0.15) is 40.0 Å². The summed E-state index contributed by atoms with van der Waals surface area (Å²) in [7, 11) is 0. The zero-order chi connectivity index (χ0) is 11.3. The third-order valence-electron chi connectivity index (χ3n) is 3.79. The summed E-state index contributed by atoms with van der Waals surface area (Å²) in [6, 6.07) is 0. The third kappa shape index (κ3) is 3.16. The largest absolute Gasteiger partial charge is 0.377 e. The Morgan fingerprint density at radius 2 is 2.20 bits per heavy atom. The van der Waals surface area contributed by atoms with Gasteiger partial charge in [0, 0.05) is 25.2 Å². The van der Waals surface area contributed by atoms with Gasteiger partial charge < -0.3 is 10.5 Å². The molecule has 3 nitrogen and oxygen atoms in total. The van der Waals surface area contributed by atoms with Gasteiger partial charge in [-0.25, -0.2) is 0 Å². The summed E-state index contributed by atoms with van der Waals surface area (Å²) < 4.78 is 5.69.